The molecule has 3 rings (SSSR count). The van der Waals surface area contributed by atoms with Crippen LogP contribution < -0.4 is 10.1 Å². The Labute approximate surface area is 178 Å². The number of hydrogen-bond acceptors (Lipinski definition) is 3. The van der Waals surface area contributed by atoms with Gasteiger partial charge >= 0.3 is 0 Å². The second-order valence-corrected chi connectivity index (χ2v) is 8.25. The summed E-state index contributed by atoms with van der Waals surface area (Å²) in [5.41, 5.74) is 1.25. The SMILES string of the molecule is CC1CCN(C(=O)c2ccc(NC(=O)COc3ccc(Cl)cc3Br)cc2)CC1. The van der Waals surface area contributed by atoms with Crippen LogP contribution in [0.2, 0.25) is 5.02 Å². The summed E-state index contributed by atoms with van der Waals surface area (Å²) < 4.78 is 6.18. The molecule has 1 N–H and O–H groups in total. The van der Waals surface area contributed by atoms with Crippen molar-refractivity contribution >= 4 is 45.0 Å². The van der Waals surface area contributed by atoms with E-state index in [-0.39, 0.29) is 18.4 Å². The zero-order valence-corrected chi connectivity index (χ0v) is 17.9. The Balaban J connectivity index is 1.52. The maximum absolute atomic E-state index is 12.6. The van der Waals surface area contributed by atoms with Crippen molar-refractivity contribution in [1.29, 1.82) is 0 Å². The number of benzene rings is 2. The highest BCUT2D eigenvalue weighted by Crippen LogP contribution is 2.28. The highest BCUT2D eigenvalue weighted by molar-refractivity contribution is 9.10. The van der Waals surface area contributed by atoms with Crippen molar-refractivity contribution in [2.45, 2.75) is 19.8 Å². The van der Waals surface area contributed by atoms with Crippen molar-refractivity contribution in [2.75, 3.05) is 25.0 Å². The topological polar surface area (TPSA) is 58.6 Å². The Morgan fingerprint density at radius 3 is 2.50 bits per heavy atom. The van der Waals surface area contributed by atoms with E-state index in [2.05, 4.69) is 28.2 Å². The summed E-state index contributed by atoms with van der Waals surface area (Å²) in [5.74, 6) is 0.973. The first-order chi connectivity index (χ1) is 13.4. The molecular formula is C21H22BrClN2O3. The molecule has 2 aromatic rings. The summed E-state index contributed by atoms with van der Waals surface area (Å²) >= 11 is 9.23. The van der Waals surface area contributed by atoms with Crippen LogP contribution in [0.1, 0.15) is 30.1 Å². The lowest BCUT2D eigenvalue weighted by molar-refractivity contribution is -0.118. The Kier molecular flexibility index (Phi) is 6.97. The van der Waals surface area contributed by atoms with E-state index in [4.69, 9.17) is 16.3 Å². The van der Waals surface area contributed by atoms with Crippen LogP contribution in [0.15, 0.2) is 46.9 Å². The molecule has 28 heavy (non-hydrogen) atoms. The van der Waals surface area contributed by atoms with Gasteiger partial charge in [-0.3, -0.25) is 9.59 Å². The van der Waals surface area contributed by atoms with Crippen LogP contribution in [0.5, 0.6) is 5.75 Å². The maximum atomic E-state index is 12.6. The molecule has 0 bridgehead atoms. The highest BCUT2D eigenvalue weighted by Gasteiger charge is 2.21. The predicted octanol–water partition coefficient (Wildman–Crippen LogP) is 4.99. The van der Waals surface area contributed by atoms with Gasteiger partial charge in [0.15, 0.2) is 6.61 Å². The number of amides is 2. The van der Waals surface area contributed by atoms with Crippen molar-refractivity contribution in [3.63, 3.8) is 0 Å². The molecule has 0 atom stereocenters. The molecule has 7 heteroatoms. The number of carbonyl (C=O) groups is 2. The van der Waals surface area contributed by atoms with Crippen LogP contribution in [0, 0.1) is 5.92 Å². The number of nitrogens with zero attached hydrogens (tertiary/aromatic N) is 1. The monoisotopic (exact) mass is 464 g/mol. The lowest BCUT2D eigenvalue weighted by Gasteiger charge is -2.30. The van der Waals surface area contributed by atoms with Gasteiger partial charge in [0.25, 0.3) is 11.8 Å². The van der Waals surface area contributed by atoms with Gasteiger partial charge in [-0.1, -0.05) is 18.5 Å². The number of nitrogens with one attached hydrogen (secondary N) is 1. The van der Waals surface area contributed by atoms with Gasteiger partial charge in [-0.25, -0.2) is 0 Å². The van der Waals surface area contributed by atoms with Crippen LogP contribution in [0.4, 0.5) is 5.69 Å². The molecule has 0 spiro atoms. The van der Waals surface area contributed by atoms with Crippen molar-refractivity contribution in [3.05, 3.63) is 57.5 Å². The molecule has 1 saturated heterocycles. The quantitative estimate of drug-likeness (QED) is 0.676. The van der Waals surface area contributed by atoms with E-state index in [0.717, 1.165) is 25.9 Å². The minimum Gasteiger partial charge on any atom is -0.483 e. The van der Waals surface area contributed by atoms with E-state index < -0.39 is 0 Å². The van der Waals surface area contributed by atoms with E-state index in [1.165, 1.54) is 0 Å². The zero-order valence-electron chi connectivity index (χ0n) is 15.6. The number of carbonyl (C=O) groups excluding carboxylic acids is 2. The zero-order chi connectivity index (χ0) is 20.1. The van der Waals surface area contributed by atoms with Crippen LogP contribution in [0.3, 0.4) is 0 Å². The molecule has 1 fully saturated rings. The molecule has 0 saturated carbocycles. The third-order valence-electron chi connectivity index (χ3n) is 4.74. The molecule has 1 aliphatic heterocycles. The second kappa shape index (κ2) is 9.43. The Bertz CT molecular complexity index is 849. The van der Waals surface area contributed by atoms with E-state index >= 15 is 0 Å². The van der Waals surface area contributed by atoms with Crippen molar-refractivity contribution in [2.24, 2.45) is 5.92 Å². The largest absolute Gasteiger partial charge is 0.483 e. The Morgan fingerprint density at radius 1 is 1.18 bits per heavy atom. The minimum absolute atomic E-state index is 0.0423. The molecular weight excluding hydrogens is 444 g/mol. The molecule has 5 nitrogen and oxygen atoms in total. The third-order valence-corrected chi connectivity index (χ3v) is 5.59. The molecule has 0 unspecified atom stereocenters. The minimum atomic E-state index is -0.286. The maximum Gasteiger partial charge on any atom is 0.262 e. The highest BCUT2D eigenvalue weighted by atomic mass is 79.9. The molecule has 2 amide bonds. The van der Waals surface area contributed by atoms with Gasteiger partial charge in [-0.05, 0) is 77.2 Å². The third kappa shape index (κ3) is 5.49. The first-order valence-corrected chi connectivity index (χ1v) is 10.4. The summed E-state index contributed by atoms with van der Waals surface area (Å²) in [6.07, 6.45) is 2.09. The molecule has 2 aromatic carbocycles. The summed E-state index contributed by atoms with van der Waals surface area (Å²) in [7, 11) is 0. The van der Waals surface area contributed by atoms with Crippen LogP contribution in [-0.2, 0) is 4.79 Å². The van der Waals surface area contributed by atoms with Gasteiger partial charge in [0.2, 0.25) is 0 Å². The summed E-state index contributed by atoms with van der Waals surface area (Å²) in [6.45, 7) is 3.69. The van der Waals surface area contributed by atoms with Crippen LogP contribution in [0.25, 0.3) is 0 Å². The lowest BCUT2D eigenvalue weighted by Crippen LogP contribution is -2.37. The fourth-order valence-corrected chi connectivity index (χ4v) is 3.82. The smallest absolute Gasteiger partial charge is 0.262 e. The number of rotatable bonds is 5. The number of piperidine rings is 1. The van der Waals surface area contributed by atoms with Gasteiger partial charge < -0.3 is 15.0 Å². The van der Waals surface area contributed by atoms with Crippen molar-refractivity contribution in [3.8, 4) is 5.75 Å². The van der Waals surface area contributed by atoms with Gasteiger partial charge in [-0.15, -0.1) is 0 Å². The molecule has 1 aliphatic rings. The van der Waals surface area contributed by atoms with Crippen molar-refractivity contribution in [1.82, 2.24) is 4.90 Å². The van der Waals surface area contributed by atoms with Crippen molar-refractivity contribution < 1.29 is 14.3 Å². The number of hydrogen-bond donors (Lipinski definition) is 1. The molecule has 1 heterocycles. The van der Waals surface area contributed by atoms with E-state index in [0.29, 0.717) is 32.4 Å². The number of anilines is 1. The van der Waals surface area contributed by atoms with Gasteiger partial charge in [0.05, 0.1) is 4.47 Å². The lowest BCUT2D eigenvalue weighted by atomic mass is 9.98. The summed E-state index contributed by atoms with van der Waals surface area (Å²) in [5, 5.41) is 3.35. The van der Waals surface area contributed by atoms with Crippen LogP contribution >= 0.6 is 27.5 Å². The van der Waals surface area contributed by atoms with Gasteiger partial charge in [0, 0.05) is 29.4 Å². The normalized spacial score (nSPS) is 14.6. The Hall–Kier alpha value is -2.05. The predicted molar refractivity (Wildman–Crippen MR) is 114 cm³/mol. The van der Waals surface area contributed by atoms with E-state index in [1.54, 1.807) is 42.5 Å². The van der Waals surface area contributed by atoms with Gasteiger partial charge in [-0.2, -0.15) is 0 Å². The second-order valence-electron chi connectivity index (χ2n) is 6.96. The molecule has 0 radical (unpaired) electrons. The summed E-state index contributed by atoms with van der Waals surface area (Å²) in [6, 6.07) is 12.0. The number of halogens is 2. The molecule has 0 aliphatic carbocycles. The first kappa shape index (κ1) is 20.7. The fraction of sp³-hybridized carbons (Fsp3) is 0.333. The standard InChI is InChI=1S/C21H22BrClN2O3/c1-14-8-10-25(11-9-14)21(27)15-2-5-17(6-3-15)24-20(26)13-28-19-7-4-16(23)12-18(19)22/h2-7,12,14H,8-11,13H2,1H3,(H,24,26). The number of ether oxygens (including phenoxy) is 1. The fourth-order valence-electron chi connectivity index (χ4n) is 3.02. The average Bonchev–Trinajstić information content (AvgIpc) is 2.68. The first-order valence-electron chi connectivity index (χ1n) is 9.19. The Morgan fingerprint density at radius 2 is 1.86 bits per heavy atom. The van der Waals surface area contributed by atoms with Crippen LogP contribution in [-0.4, -0.2) is 36.4 Å². The molecule has 0 aromatic heterocycles. The van der Waals surface area contributed by atoms with E-state index in [1.807, 2.05) is 4.90 Å². The molecule has 148 valence electrons. The van der Waals surface area contributed by atoms with Gasteiger partial charge in [0.1, 0.15) is 5.75 Å². The average molecular weight is 466 g/mol. The van der Waals surface area contributed by atoms with E-state index in [9.17, 15) is 9.59 Å². The summed E-state index contributed by atoms with van der Waals surface area (Å²) in [4.78, 5) is 26.6. The number of likely N-dealkylation sites (tertiary alicyclic amines) is 1.